The molecule has 4 rings (SSSR count). The van der Waals surface area contributed by atoms with Gasteiger partial charge in [-0.1, -0.05) is 72.4 Å². The number of carbonyl (C=O) groups excluding carboxylic acids is 1. The average Bonchev–Trinajstić information content (AvgIpc) is 3.56. The summed E-state index contributed by atoms with van der Waals surface area (Å²) >= 11 is 1.38. The van der Waals surface area contributed by atoms with E-state index in [1.54, 1.807) is 0 Å². The molecule has 0 bridgehead atoms. The molecule has 138 valence electrons. The van der Waals surface area contributed by atoms with Crippen LogP contribution in [0.2, 0.25) is 0 Å². The smallest absolute Gasteiger partial charge is 0.143 e. The molecule has 3 aromatic rings. The molecule has 1 saturated carbocycles. The van der Waals surface area contributed by atoms with Crippen molar-refractivity contribution < 1.29 is 4.79 Å². The van der Waals surface area contributed by atoms with Crippen LogP contribution in [0.1, 0.15) is 24.8 Å². The molecule has 1 aliphatic rings. The lowest BCUT2D eigenvalue weighted by molar-refractivity contribution is -0.116. The Balaban J connectivity index is 1.74. The molecule has 28 heavy (non-hydrogen) atoms. The Morgan fingerprint density at radius 2 is 1.68 bits per heavy atom. The summed E-state index contributed by atoms with van der Waals surface area (Å²) < 4.78 is 0. The monoisotopic (exact) mass is 384 g/mol. The zero-order valence-electron chi connectivity index (χ0n) is 15.5. The third-order valence-corrected chi connectivity index (χ3v) is 5.87. The molecule has 1 fully saturated rings. The number of ketones is 1. The Labute approximate surface area is 169 Å². The number of hydrogen-bond donors (Lipinski definition) is 0. The van der Waals surface area contributed by atoms with Gasteiger partial charge in [0.15, 0.2) is 0 Å². The van der Waals surface area contributed by atoms with Crippen molar-refractivity contribution in [3.8, 4) is 28.5 Å². The van der Waals surface area contributed by atoms with Crippen LogP contribution in [0.5, 0.6) is 0 Å². The minimum absolute atomic E-state index is 0.240. The predicted octanol–water partition coefficient (Wildman–Crippen LogP) is 5.75. The molecule has 1 aromatic heterocycles. The molecule has 0 unspecified atom stereocenters. The second-order valence-corrected chi connectivity index (χ2v) is 8.02. The van der Waals surface area contributed by atoms with Gasteiger partial charge in [0, 0.05) is 17.5 Å². The summed E-state index contributed by atoms with van der Waals surface area (Å²) in [7, 11) is 0. The summed E-state index contributed by atoms with van der Waals surface area (Å²) in [5, 5.41) is 10.5. The summed E-state index contributed by atoms with van der Waals surface area (Å²) in [5.41, 5.74) is 4.18. The molecule has 1 aliphatic carbocycles. The lowest BCUT2D eigenvalue weighted by atomic mass is 9.99. The molecule has 3 nitrogen and oxygen atoms in total. The Morgan fingerprint density at radius 3 is 2.29 bits per heavy atom. The van der Waals surface area contributed by atoms with Crippen molar-refractivity contribution in [2.75, 3.05) is 5.75 Å². The van der Waals surface area contributed by atoms with E-state index in [-0.39, 0.29) is 5.78 Å². The van der Waals surface area contributed by atoms with E-state index in [9.17, 15) is 10.1 Å². The summed E-state index contributed by atoms with van der Waals surface area (Å²) in [5.74, 6) is 1.18. The van der Waals surface area contributed by atoms with E-state index in [1.165, 1.54) is 24.6 Å². The zero-order chi connectivity index (χ0) is 19.3. The van der Waals surface area contributed by atoms with Crippen LogP contribution in [0.15, 0.2) is 71.8 Å². The van der Waals surface area contributed by atoms with Crippen molar-refractivity contribution in [3.05, 3.63) is 72.3 Å². The molecule has 0 spiro atoms. The van der Waals surface area contributed by atoms with Gasteiger partial charge >= 0.3 is 0 Å². The van der Waals surface area contributed by atoms with Gasteiger partial charge in [-0.15, -0.1) is 0 Å². The van der Waals surface area contributed by atoms with Crippen LogP contribution in [0.3, 0.4) is 0 Å². The van der Waals surface area contributed by atoms with Gasteiger partial charge in [0.1, 0.15) is 16.9 Å². The zero-order valence-corrected chi connectivity index (χ0v) is 16.3. The van der Waals surface area contributed by atoms with Crippen molar-refractivity contribution in [2.24, 2.45) is 5.92 Å². The van der Waals surface area contributed by atoms with Crippen LogP contribution >= 0.6 is 11.8 Å². The van der Waals surface area contributed by atoms with Crippen LogP contribution < -0.4 is 0 Å². The second-order valence-electron chi connectivity index (χ2n) is 7.05. The highest BCUT2D eigenvalue weighted by atomic mass is 32.2. The van der Waals surface area contributed by atoms with Crippen molar-refractivity contribution in [1.82, 2.24) is 4.98 Å². The van der Waals surface area contributed by atoms with E-state index in [0.717, 1.165) is 22.4 Å². The molecule has 0 saturated heterocycles. The number of rotatable bonds is 7. The van der Waals surface area contributed by atoms with Crippen molar-refractivity contribution in [2.45, 2.75) is 24.3 Å². The van der Waals surface area contributed by atoms with Crippen LogP contribution in [0.25, 0.3) is 22.4 Å². The maximum absolute atomic E-state index is 12.2. The fourth-order valence-electron chi connectivity index (χ4n) is 3.19. The van der Waals surface area contributed by atoms with Gasteiger partial charge in [-0.25, -0.2) is 4.98 Å². The highest BCUT2D eigenvalue weighted by Gasteiger charge is 2.24. The normalized spacial score (nSPS) is 13.1. The van der Waals surface area contributed by atoms with Gasteiger partial charge in [0.2, 0.25) is 0 Å². The maximum atomic E-state index is 12.2. The first-order valence-electron chi connectivity index (χ1n) is 9.45. The first-order chi connectivity index (χ1) is 13.7. The number of Topliss-reactive ketones (excluding diaryl/α,β-unsaturated/α-hetero) is 1. The number of nitrogens with zero attached hydrogens (tertiary/aromatic N) is 2. The summed E-state index contributed by atoms with van der Waals surface area (Å²) in [6, 6.07) is 24.1. The average molecular weight is 385 g/mol. The number of carbonyl (C=O) groups is 1. The Bertz CT molecular complexity index is 1020. The van der Waals surface area contributed by atoms with E-state index in [4.69, 9.17) is 4.98 Å². The Morgan fingerprint density at radius 1 is 1.04 bits per heavy atom. The van der Waals surface area contributed by atoms with E-state index in [1.807, 2.05) is 66.7 Å². The van der Waals surface area contributed by atoms with Gasteiger partial charge < -0.3 is 0 Å². The predicted molar refractivity (Wildman–Crippen MR) is 113 cm³/mol. The van der Waals surface area contributed by atoms with Gasteiger partial charge in [-0.05, 0) is 30.4 Å². The standard InChI is InChI=1S/C24H20N2OS/c25-15-22-21(18-7-3-1-4-8-18)14-23(19-9-5-2-6-10-19)26-24(22)28-16-20(27)13-17-11-12-17/h1-10,14,17H,11-13,16H2. The Kier molecular flexibility index (Phi) is 5.55. The molecule has 4 heteroatoms. The minimum Gasteiger partial charge on any atom is -0.299 e. The lowest BCUT2D eigenvalue weighted by Crippen LogP contribution is -2.04. The third-order valence-electron chi connectivity index (χ3n) is 4.84. The van der Waals surface area contributed by atoms with Gasteiger partial charge in [-0.3, -0.25) is 4.79 Å². The van der Waals surface area contributed by atoms with Crippen molar-refractivity contribution >= 4 is 17.5 Å². The summed E-state index contributed by atoms with van der Waals surface area (Å²) in [4.78, 5) is 17.0. The van der Waals surface area contributed by atoms with Crippen molar-refractivity contribution in [1.29, 1.82) is 5.26 Å². The largest absolute Gasteiger partial charge is 0.299 e. The van der Waals surface area contributed by atoms with Crippen LogP contribution in [0, 0.1) is 17.2 Å². The molecule has 0 atom stereocenters. The van der Waals surface area contributed by atoms with Gasteiger partial charge in [0.25, 0.3) is 0 Å². The van der Waals surface area contributed by atoms with E-state index in [0.29, 0.717) is 28.7 Å². The number of pyridine rings is 1. The summed E-state index contributed by atoms with van der Waals surface area (Å²) in [6.07, 6.45) is 2.98. The number of thioether (sulfide) groups is 1. The van der Waals surface area contributed by atoms with Crippen molar-refractivity contribution in [3.63, 3.8) is 0 Å². The van der Waals surface area contributed by atoms with Crippen LogP contribution in [0.4, 0.5) is 0 Å². The van der Waals surface area contributed by atoms with Crippen LogP contribution in [-0.2, 0) is 4.79 Å². The molecular formula is C24H20N2OS. The highest BCUT2D eigenvalue weighted by Crippen LogP contribution is 2.36. The van der Waals surface area contributed by atoms with Gasteiger partial charge in [-0.2, -0.15) is 5.26 Å². The quantitative estimate of drug-likeness (QED) is 0.487. The molecule has 1 heterocycles. The maximum Gasteiger partial charge on any atom is 0.143 e. The SMILES string of the molecule is N#Cc1c(-c2ccccc2)cc(-c2ccccc2)nc1SCC(=O)CC1CC1. The number of hydrogen-bond acceptors (Lipinski definition) is 4. The van der Waals surface area contributed by atoms with E-state index in [2.05, 4.69) is 6.07 Å². The Hall–Kier alpha value is -2.90. The summed E-state index contributed by atoms with van der Waals surface area (Å²) in [6.45, 7) is 0. The number of aromatic nitrogens is 1. The fraction of sp³-hybridized carbons (Fsp3) is 0.208. The molecule has 0 amide bonds. The molecule has 0 N–H and O–H groups in total. The lowest BCUT2D eigenvalue weighted by Gasteiger charge is -2.12. The fourth-order valence-corrected chi connectivity index (χ4v) is 4.07. The first-order valence-corrected chi connectivity index (χ1v) is 10.4. The third kappa shape index (κ3) is 4.32. The van der Waals surface area contributed by atoms with Gasteiger partial charge in [0.05, 0.1) is 17.0 Å². The van der Waals surface area contributed by atoms with Crippen LogP contribution in [-0.4, -0.2) is 16.5 Å². The highest BCUT2D eigenvalue weighted by molar-refractivity contribution is 8.00. The topological polar surface area (TPSA) is 53.8 Å². The van der Waals surface area contributed by atoms with E-state index >= 15 is 0 Å². The van der Waals surface area contributed by atoms with E-state index < -0.39 is 0 Å². The minimum atomic E-state index is 0.240. The number of nitriles is 1. The molecule has 0 radical (unpaired) electrons. The molecule has 0 aliphatic heterocycles. The molecular weight excluding hydrogens is 364 g/mol. The second kappa shape index (κ2) is 8.41. The number of benzene rings is 2. The first kappa shape index (κ1) is 18.5. The molecule has 2 aromatic carbocycles.